The molecule has 1 heterocycles. The van der Waals surface area contributed by atoms with Crippen LogP contribution in [0.4, 0.5) is 0 Å². The molecule has 0 saturated heterocycles. The third-order valence-corrected chi connectivity index (χ3v) is 3.14. The van der Waals surface area contributed by atoms with Crippen LogP contribution in [0.2, 0.25) is 0 Å². The molecule has 0 spiro atoms. The minimum Gasteiger partial charge on any atom is -0.379 e. The van der Waals surface area contributed by atoms with Crippen molar-refractivity contribution < 1.29 is 9.47 Å². The summed E-state index contributed by atoms with van der Waals surface area (Å²) in [6.45, 7) is 6.55. The lowest BCUT2D eigenvalue weighted by molar-refractivity contribution is 0.0119. The van der Waals surface area contributed by atoms with E-state index >= 15 is 0 Å². The molecule has 3 nitrogen and oxygen atoms in total. The second kappa shape index (κ2) is 6.95. The first-order valence-electron chi connectivity index (χ1n) is 5.23. The van der Waals surface area contributed by atoms with Crippen molar-refractivity contribution in [2.24, 2.45) is 5.73 Å². The predicted octanol–water partition coefficient (Wildman–Crippen LogP) is 2.11. The summed E-state index contributed by atoms with van der Waals surface area (Å²) < 4.78 is 10.9. The zero-order valence-electron chi connectivity index (χ0n) is 9.36. The van der Waals surface area contributed by atoms with E-state index in [1.54, 1.807) is 11.3 Å². The molecule has 2 N–H and O–H groups in total. The SMILES string of the molecule is CCOCCOC(CN)c1ccc(C)s1. The van der Waals surface area contributed by atoms with E-state index in [9.17, 15) is 0 Å². The molecule has 0 aromatic carbocycles. The highest BCUT2D eigenvalue weighted by atomic mass is 32.1. The van der Waals surface area contributed by atoms with Crippen molar-refractivity contribution >= 4 is 11.3 Å². The van der Waals surface area contributed by atoms with Crippen molar-refractivity contribution in [3.63, 3.8) is 0 Å². The fourth-order valence-electron chi connectivity index (χ4n) is 1.29. The summed E-state index contributed by atoms with van der Waals surface area (Å²) in [6.07, 6.45) is 0.0177. The van der Waals surface area contributed by atoms with Gasteiger partial charge in [0.2, 0.25) is 0 Å². The van der Waals surface area contributed by atoms with Gasteiger partial charge in [-0.05, 0) is 26.0 Å². The van der Waals surface area contributed by atoms with Crippen molar-refractivity contribution in [1.82, 2.24) is 0 Å². The molecule has 1 atom stereocenters. The van der Waals surface area contributed by atoms with Crippen LogP contribution in [0.5, 0.6) is 0 Å². The summed E-state index contributed by atoms with van der Waals surface area (Å²) in [5.41, 5.74) is 5.67. The van der Waals surface area contributed by atoms with E-state index in [1.165, 1.54) is 9.75 Å². The largest absolute Gasteiger partial charge is 0.379 e. The third kappa shape index (κ3) is 4.30. The lowest BCUT2D eigenvalue weighted by Crippen LogP contribution is -2.17. The molecule has 0 fully saturated rings. The molecule has 0 amide bonds. The van der Waals surface area contributed by atoms with Gasteiger partial charge in [0.1, 0.15) is 6.10 Å². The van der Waals surface area contributed by atoms with E-state index in [0.29, 0.717) is 19.8 Å². The highest BCUT2D eigenvalue weighted by molar-refractivity contribution is 7.12. The van der Waals surface area contributed by atoms with Crippen molar-refractivity contribution in [1.29, 1.82) is 0 Å². The maximum atomic E-state index is 5.67. The first kappa shape index (κ1) is 12.6. The number of rotatable bonds is 7. The fraction of sp³-hybridized carbons (Fsp3) is 0.636. The van der Waals surface area contributed by atoms with Gasteiger partial charge in [-0.3, -0.25) is 0 Å². The fourth-order valence-corrected chi connectivity index (χ4v) is 2.23. The molecule has 0 bridgehead atoms. The smallest absolute Gasteiger partial charge is 0.104 e. The molecule has 1 rings (SSSR count). The highest BCUT2D eigenvalue weighted by Gasteiger charge is 2.11. The summed E-state index contributed by atoms with van der Waals surface area (Å²) in [7, 11) is 0. The van der Waals surface area contributed by atoms with E-state index < -0.39 is 0 Å². The molecular weight excluding hydrogens is 210 g/mol. The zero-order chi connectivity index (χ0) is 11.1. The number of ether oxygens (including phenoxy) is 2. The van der Waals surface area contributed by atoms with E-state index in [0.717, 1.165) is 6.61 Å². The van der Waals surface area contributed by atoms with Gasteiger partial charge in [-0.25, -0.2) is 0 Å². The van der Waals surface area contributed by atoms with E-state index in [1.807, 2.05) is 6.92 Å². The first-order chi connectivity index (χ1) is 7.27. The Bertz CT molecular complexity index is 275. The maximum Gasteiger partial charge on any atom is 0.104 e. The summed E-state index contributed by atoms with van der Waals surface area (Å²) in [4.78, 5) is 2.49. The standard InChI is InChI=1S/C11H19NO2S/c1-3-13-6-7-14-10(8-12)11-5-4-9(2)15-11/h4-5,10H,3,6-8,12H2,1-2H3. The van der Waals surface area contributed by atoms with Gasteiger partial charge in [-0.2, -0.15) is 0 Å². The summed E-state index contributed by atoms with van der Waals surface area (Å²) in [5.74, 6) is 0. The Labute approximate surface area is 95.2 Å². The molecule has 1 unspecified atom stereocenters. The quantitative estimate of drug-likeness (QED) is 0.728. The van der Waals surface area contributed by atoms with Gasteiger partial charge < -0.3 is 15.2 Å². The lowest BCUT2D eigenvalue weighted by Gasteiger charge is -2.14. The number of hydrogen-bond donors (Lipinski definition) is 1. The van der Waals surface area contributed by atoms with Crippen LogP contribution >= 0.6 is 11.3 Å². The molecule has 0 aliphatic carbocycles. The first-order valence-corrected chi connectivity index (χ1v) is 6.05. The minimum absolute atomic E-state index is 0.0177. The number of hydrogen-bond acceptors (Lipinski definition) is 4. The van der Waals surface area contributed by atoms with Crippen LogP contribution in [0.15, 0.2) is 12.1 Å². The Morgan fingerprint density at radius 1 is 1.40 bits per heavy atom. The molecule has 15 heavy (non-hydrogen) atoms. The van der Waals surface area contributed by atoms with Crippen LogP contribution in [0.1, 0.15) is 22.8 Å². The zero-order valence-corrected chi connectivity index (χ0v) is 10.2. The molecule has 4 heteroatoms. The van der Waals surface area contributed by atoms with Gasteiger partial charge in [0.05, 0.1) is 13.2 Å². The molecule has 86 valence electrons. The predicted molar refractivity (Wildman–Crippen MR) is 63.3 cm³/mol. The van der Waals surface area contributed by atoms with Crippen molar-refractivity contribution in [3.05, 3.63) is 21.9 Å². The van der Waals surface area contributed by atoms with Gasteiger partial charge in [-0.1, -0.05) is 0 Å². The molecule has 1 aromatic rings. The van der Waals surface area contributed by atoms with E-state index in [4.69, 9.17) is 15.2 Å². The molecular formula is C11H19NO2S. The Hall–Kier alpha value is -0.420. The molecule has 1 aromatic heterocycles. The highest BCUT2D eigenvalue weighted by Crippen LogP contribution is 2.24. The van der Waals surface area contributed by atoms with Crippen LogP contribution in [0.3, 0.4) is 0 Å². The molecule has 0 aliphatic heterocycles. The monoisotopic (exact) mass is 229 g/mol. The van der Waals surface area contributed by atoms with Gasteiger partial charge in [0.15, 0.2) is 0 Å². The van der Waals surface area contributed by atoms with Gasteiger partial charge in [0.25, 0.3) is 0 Å². The van der Waals surface area contributed by atoms with Crippen LogP contribution in [0, 0.1) is 6.92 Å². The number of thiophene rings is 1. The normalized spacial score (nSPS) is 13.0. The number of aryl methyl sites for hydroxylation is 1. The van der Waals surface area contributed by atoms with Crippen LogP contribution in [-0.2, 0) is 9.47 Å². The van der Waals surface area contributed by atoms with E-state index in [2.05, 4.69) is 19.1 Å². The van der Waals surface area contributed by atoms with Gasteiger partial charge in [-0.15, -0.1) is 11.3 Å². The minimum atomic E-state index is 0.0177. The Morgan fingerprint density at radius 3 is 2.73 bits per heavy atom. The molecule has 0 saturated carbocycles. The van der Waals surface area contributed by atoms with Crippen LogP contribution < -0.4 is 5.73 Å². The average molecular weight is 229 g/mol. The van der Waals surface area contributed by atoms with Crippen LogP contribution in [-0.4, -0.2) is 26.4 Å². The van der Waals surface area contributed by atoms with E-state index in [-0.39, 0.29) is 6.10 Å². The Kier molecular flexibility index (Phi) is 5.86. The van der Waals surface area contributed by atoms with Gasteiger partial charge >= 0.3 is 0 Å². The number of nitrogens with two attached hydrogens (primary N) is 1. The topological polar surface area (TPSA) is 44.5 Å². The van der Waals surface area contributed by atoms with Gasteiger partial charge in [0, 0.05) is 22.9 Å². The second-order valence-electron chi connectivity index (χ2n) is 3.24. The van der Waals surface area contributed by atoms with Crippen molar-refractivity contribution in [2.75, 3.05) is 26.4 Å². The maximum absolute atomic E-state index is 5.67. The van der Waals surface area contributed by atoms with Crippen molar-refractivity contribution in [2.45, 2.75) is 20.0 Å². The average Bonchev–Trinajstić information content (AvgIpc) is 2.65. The summed E-state index contributed by atoms with van der Waals surface area (Å²) in [6, 6.07) is 4.17. The summed E-state index contributed by atoms with van der Waals surface area (Å²) >= 11 is 1.74. The third-order valence-electron chi connectivity index (χ3n) is 2.04. The lowest BCUT2D eigenvalue weighted by atomic mass is 10.3. The van der Waals surface area contributed by atoms with Crippen LogP contribution in [0.25, 0.3) is 0 Å². The second-order valence-corrected chi connectivity index (χ2v) is 4.56. The Morgan fingerprint density at radius 2 is 2.20 bits per heavy atom. The molecule has 0 radical (unpaired) electrons. The molecule has 0 aliphatic rings. The van der Waals surface area contributed by atoms with Crippen molar-refractivity contribution in [3.8, 4) is 0 Å². The Balaban J connectivity index is 2.35. The summed E-state index contributed by atoms with van der Waals surface area (Å²) in [5, 5.41) is 0.